The maximum atomic E-state index is 12.0. The van der Waals surface area contributed by atoms with Crippen LogP contribution in [-0.4, -0.2) is 50.2 Å². The lowest BCUT2D eigenvalue weighted by molar-refractivity contribution is -0.142. The average Bonchev–Trinajstić information content (AvgIpc) is 2.91. The number of carbonyl (C=O) groups excluding carboxylic acids is 3. The SMILES string of the molecule is COC(=O)[C@H](CS/C=C\C(=O)OCCOc1ccc2ccc(=O)oc2c1)NC(=O)OCc1ccccc1. The predicted molar refractivity (Wildman–Crippen MR) is 136 cm³/mol. The highest BCUT2D eigenvalue weighted by Crippen LogP contribution is 2.19. The molecule has 1 aromatic heterocycles. The summed E-state index contributed by atoms with van der Waals surface area (Å²) in [6, 6.07) is 16.2. The van der Waals surface area contributed by atoms with Crippen molar-refractivity contribution in [1.29, 1.82) is 0 Å². The van der Waals surface area contributed by atoms with Gasteiger partial charge in [0.2, 0.25) is 0 Å². The Morgan fingerprint density at radius 1 is 1.03 bits per heavy atom. The summed E-state index contributed by atoms with van der Waals surface area (Å²) in [7, 11) is 1.21. The van der Waals surface area contributed by atoms with Crippen LogP contribution in [0.5, 0.6) is 5.75 Å². The van der Waals surface area contributed by atoms with Gasteiger partial charge in [-0.3, -0.25) is 0 Å². The number of methoxy groups -OCH3 is 1. The van der Waals surface area contributed by atoms with E-state index in [2.05, 4.69) is 5.32 Å². The number of hydrogen-bond donors (Lipinski definition) is 1. The van der Waals surface area contributed by atoms with Crippen molar-refractivity contribution in [3.05, 3.63) is 88.1 Å². The molecule has 0 radical (unpaired) electrons. The zero-order chi connectivity index (χ0) is 26.5. The molecule has 0 aliphatic carbocycles. The van der Waals surface area contributed by atoms with Gasteiger partial charge in [0.1, 0.15) is 37.2 Å². The Kier molecular flexibility index (Phi) is 10.6. The second kappa shape index (κ2) is 14.3. The number of amides is 1. The monoisotopic (exact) mass is 527 g/mol. The van der Waals surface area contributed by atoms with Crippen LogP contribution in [0.2, 0.25) is 0 Å². The topological polar surface area (TPSA) is 130 Å². The zero-order valence-electron chi connectivity index (χ0n) is 19.9. The normalized spacial score (nSPS) is 11.6. The summed E-state index contributed by atoms with van der Waals surface area (Å²) in [5.74, 6) is -0.679. The van der Waals surface area contributed by atoms with Crippen molar-refractivity contribution in [3.63, 3.8) is 0 Å². The second-order valence-corrected chi connectivity index (χ2v) is 8.33. The third-order valence-corrected chi connectivity index (χ3v) is 5.60. The summed E-state index contributed by atoms with van der Waals surface area (Å²) in [6.07, 6.45) is 0.425. The summed E-state index contributed by atoms with van der Waals surface area (Å²) >= 11 is 1.11. The van der Waals surface area contributed by atoms with Crippen LogP contribution in [0.1, 0.15) is 5.56 Å². The van der Waals surface area contributed by atoms with Gasteiger partial charge in [0, 0.05) is 29.3 Å². The van der Waals surface area contributed by atoms with Gasteiger partial charge in [-0.25, -0.2) is 19.2 Å². The second-order valence-electron chi connectivity index (χ2n) is 7.39. The number of rotatable bonds is 12. The number of thioether (sulfide) groups is 1. The smallest absolute Gasteiger partial charge is 0.408 e. The first-order valence-electron chi connectivity index (χ1n) is 11.1. The molecule has 0 saturated heterocycles. The van der Waals surface area contributed by atoms with Gasteiger partial charge in [0.05, 0.1) is 7.11 Å². The summed E-state index contributed by atoms with van der Waals surface area (Å²) in [4.78, 5) is 47.2. The Balaban J connectivity index is 1.36. The Morgan fingerprint density at radius 2 is 1.81 bits per heavy atom. The number of fused-ring (bicyclic) bond motifs is 1. The summed E-state index contributed by atoms with van der Waals surface area (Å²) < 4.78 is 25.5. The van der Waals surface area contributed by atoms with Crippen LogP contribution in [0.25, 0.3) is 11.0 Å². The summed E-state index contributed by atoms with van der Waals surface area (Å²) in [6.45, 7) is 0.138. The molecule has 0 unspecified atom stereocenters. The van der Waals surface area contributed by atoms with Crippen LogP contribution >= 0.6 is 11.8 Å². The van der Waals surface area contributed by atoms with Gasteiger partial charge in [0.25, 0.3) is 0 Å². The third kappa shape index (κ3) is 9.37. The molecule has 37 heavy (non-hydrogen) atoms. The molecule has 1 N–H and O–H groups in total. The standard InChI is InChI=1S/C26H25NO9S/c1-32-25(30)21(27-26(31)35-16-18-5-3-2-4-6-18)17-37-14-11-23(28)34-13-12-33-20-9-7-19-8-10-24(29)36-22(19)15-20/h2-11,14-15,21H,12-13,16-17H2,1H3,(H,27,31)/b14-11-/t21-/m0/s1. The number of hydrogen-bond acceptors (Lipinski definition) is 10. The fourth-order valence-corrected chi connectivity index (χ4v) is 3.68. The van der Waals surface area contributed by atoms with Crippen molar-refractivity contribution >= 4 is 40.8 Å². The largest absolute Gasteiger partial charge is 0.490 e. The first-order chi connectivity index (χ1) is 17.9. The molecule has 0 aliphatic heterocycles. The average molecular weight is 528 g/mol. The lowest BCUT2D eigenvalue weighted by Crippen LogP contribution is -2.43. The van der Waals surface area contributed by atoms with Gasteiger partial charge in [0.15, 0.2) is 0 Å². The maximum absolute atomic E-state index is 12.0. The van der Waals surface area contributed by atoms with Gasteiger partial charge in [-0.15, -0.1) is 11.8 Å². The Labute approximate surface area is 216 Å². The van der Waals surface area contributed by atoms with E-state index < -0.39 is 29.7 Å². The van der Waals surface area contributed by atoms with E-state index in [0.29, 0.717) is 11.3 Å². The van der Waals surface area contributed by atoms with Crippen molar-refractivity contribution in [2.75, 3.05) is 26.1 Å². The van der Waals surface area contributed by atoms with Crippen molar-refractivity contribution < 1.29 is 37.7 Å². The van der Waals surface area contributed by atoms with Gasteiger partial charge >= 0.3 is 23.7 Å². The fourth-order valence-electron chi connectivity index (χ4n) is 2.95. The predicted octanol–water partition coefficient (Wildman–Crippen LogP) is 3.43. The van der Waals surface area contributed by atoms with Gasteiger partial charge in [-0.05, 0) is 29.2 Å². The van der Waals surface area contributed by atoms with Gasteiger partial charge in [-0.1, -0.05) is 30.3 Å². The van der Waals surface area contributed by atoms with Crippen LogP contribution in [0, 0.1) is 0 Å². The highest BCUT2D eigenvalue weighted by atomic mass is 32.2. The van der Waals surface area contributed by atoms with Crippen molar-refractivity contribution in [2.45, 2.75) is 12.6 Å². The molecular weight excluding hydrogens is 502 g/mol. The first kappa shape index (κ1) is 27.3. The Bertz CT molecular complexity index is 1290. The van der Waals surface area contributed by atoms with E-state index in [4.69, 9.17) is 23.4 Å². The minimum Gasteiger partial charge on any atom is -0.490 e. The minimum absolute atomic E-state index is 0.00971. The van der Waals surface area contributed by atoms with E-state index in [1.807, 2.05) is 18.2 Å². The Hall–Kier alpha value is -4.25. The number of ether oxygens (including phenoxy) is 4. The molecule has 2 aromatic carbocycles. The minimum atomic E-state index is -0.973. The highest BCUT2D eigenvalue weighted by Gasteiger charge is 2.22. The maximum Gasteiger partial charge on any atom is 0.408 e. The van der Waals surface area contributed by atoms with Crippen LogP contribution in [0.4, 0.5) is 4.79 Å². The lowest BCUT2D eigenvalue weighted by Gasteiger charge is -2.15. The molecule has 1 atom stereocenters. The van der Waals surface area contributed by atoms with Crippen molar-refractivity contribution in [3.8, 4) is 5.75 Å². The van der Waals surface area contributed by atoms with E-state index in [1.165, 1.54) is 24.7 Å². The molecule has 10 nitrogen and oxygen atoms in total. The molecule has 1 amide bonds. The number of nitrogens with one attached hydrogen (secondary N) is 1. The van der Waals surface area contributed by atoms with Gasteiger partial charge < -0.3 is 28.7 Å². The molecule has 0 fully saturated rings. The number of alkyl carbamates (subject to hydrolysis) is 1. The van der Waals surface area contributed by atoms with E-state index in [0.717, 1.165) is 22.7 Å². The Morgan fingerprint density at radius 3 is 2.59 bits per heavy atom. The molecule has 0 aliphatic rings. The number of esters is 2. The molecule has 0 bridgehead atoms. The van der Waals surface area contributed by atoms with Gasteiger partial charge in [-0.2, -0.15) is 0 Å². The highest BCUT2D eigenvalue weighted by molar-refractivity contribution is 8.02. The summed E-state index contributed by atoms with van der Waals surface area (Å²) in [5.41, 5.74) is 0.741. The van der Waals surface area contributed by atoms with Crippen molar-refractivity contribution in [1.82, 2.24) is 5.32 Å². The fraction of sp³-hybridized carbons (Fsp3) is 0.231. The molecular formula is C26H25NO9S. The zero-order valence-corrected chi connectivity index (χ0v) is 20.7. The molecule has 11 heteroatoms. The molecule has 3 aromatic rings. The van der Waals surface area contributed by atoms with E-state index in [-0.39, 0.29) is 25.6 Å². The third-order valence-electron chi connectivity index (χ3n) is 4.74. The number of carbonyl (C=O) groups is 3. The van der Waals surface area contributed by atoms with Crippen molar-refractivity contribution in [2.24, 2.45) is 0 Å². The first-order valence-corrected chi connectivity index (χ1v) is 12.2. The quantitative estimate of drug-likeness (QED) is 0.123. The molecule has 194 valence electrons. The molecule has 0 spiro atoms. The van der Waals surface area contributed by atoms with Crippen LogP contribution in [0.3, 0.4) is 0 Å². The molecule has 3 rings (SSSR count). The lowest BCUT2D eigenvalue weighted by atomic mass is 10.2. The van der Waals surface area contributed by atoms with Crippen LogP contribution in [0.15, 0.2) is 81.4 Å². The number of benzene rings is 2. The molecule has 0 saturated carbocycles. The summed E-state index contributed by atoms with van der Waals surface area (Å²) in [5, 5.41) is 4.66. The van der Waals surface area contributed by atoms with E-state index >= 15 is 0 Å². The van der Waals surface area contributed by atoms with E-state index in [9.17, 15) is 19.2 Å². The van der Waals surface area contributed by atoms with E-state index in [1.54, 1.807) is 36.4 Å². The van der Waals surface area contributed by atoms with Crippen LogP contribution in [-0.2, 0) is 30.4 Å². The molecule has 1 heterocycles. The van der Waals surface area contributed by atoms with Crippen LogP contribution < -0.4 is 15.7 Å².